The lowest BCUT2D eigenvalue weighted by Crippen LogP contribution is -2.32. The van der Waals surface area contributed by atoms with Crippen LogP contribution in [0, 0.1) is 11.8 Å². The average Bonchev–Trinajstić information content (AvgIpc) is 3.37. The molecule has 192 valence electrons. The third kappa shape index (κ3) is 7.06. The molecule has 1 aliphatic rings. The van der Waals surface area contributed by atoms with Crippen LogP contribution in [-0.4, -0.2) is 24.8 Å². The second kappa shape index (κ2) is 12.9. The Bertz CT molecular complexity index is 1120. The van der Waals surface area contributed by atoms with E-state index in [0.717, 1.165) is 29.5 Å². The van der Waals surface area contributed by atoms with Crippen LogP contribution in [0.4, 0.5) is 0 Å². The Kier molecular flexibility index (Phi) is 9.08. The van der Waals surface area contributed by atoms with Crippen LogP contribution in [0.15, 0.2) is 84.9 Å². The summed E-state index contributed by atoms with van der Waals surface area (Å²) in [6.07, 6.45) is 2.17. The van der Waals surface area contributed by atoms with Gasteiger partial charge in [0.15, 0.2) is 5.92 Å². The average molecular weight is 501 g/mol. The maximum Gasteiger partial charge on any atom is 0.320 e. The smallest absolute Gasteiger partial charge is 0.320 e. The van der Waals surface area contributed by atoms with Crippen LogP contribution >= 0.6 is 0 Å². The Morgan fingerprint density at radius 1 is 0.811 bits per heavy atom. The molecule has 3 aromatic carbocycles. The molecule has 0 aliphatic heterocycles. The molecule has 6 heteroatoms. The monoisotopic (exact) mass is 500 g/mol. The standard InChI is InChI=1S/C31H32O6/c1-35-25-17-15-24(16-18-25)27(26-13-8-14-29(26)32)19-28(30(33)36-20-22-9-4-2-5-10-22)31(34)37-21-23-11-6-3-7-12-23/h2-7,9-12,15-18,26-28H,8,13-14,19-21H2,1H3. The van der Waals surface area contributed by atoms with Gasteiger partial charge in [0.1, 0.15) is 24.7 Å². The van der Waals surface area contributed by atoms with Crippen molar-refractivity contribution in [3.8, 4) is 5.75 Å². The van der Waals surface area contributed by atoms with Crippen molar-refractivity contribution in [3.63, 3.8) is 0 Å². The van der Waals surface area contributed by atoms with Gasteiger partial charge in [-0.05, 0) is 54.0 Å². The van der Waals surface area contributed by atoms with Gasteiger partial charge in [0.2, 0.25) is 0 Å². The molecule has 4 rings (SSSR count). The van der Waals surface area contributed by atoms with Gasteiger partial charge >= 0.3 is 11.9 Å². The topological polar surface area (TPSA) is 78.9 Å². The molecule has 1 fully saturated rings. The van der Waals surface area contributed by atoms with Crippen LogP contribution in [0.3, 0.4) is 0 Å². The molecule has 1 saturated carbocycles. The first-order valence-electron chi connectivity index (χ1n) is 12.6. The second-order valence-electron chi connectivity index (χ2n) is 9.32. The van der Waals surface area contributed by atoms with E-state index in [-0.39, 0.29) is 37.3 Å². The molecule has 37 heavy (non-hydrogen) atoms. The summed E-state index contributed by atoms with van der Waals surface area (Å²) >= 11 is 0. The fourth-order valence-electron chi connectivity index (χ4n) is 4.85. The molecule has 0 amide bonds. The lowest BCUT2D eigenvalue weighted by atomic mass is 9.78. The quantitative estimate of drug-likeness (QED) is 0.250. The van der Waals surface area contributed by atoms with E-state index in [4.69, 9.17) is 14.2 Å². The van der Waals surface area contributed by atoms with Gasteiger partial charge in [-0.3, -0.25) is 14.4 Å². The van der Waals surface area contributed by atoms with Crippen molar-refractivity contribution >= 4 is 17.7 Å². The Morgan fingerprint density at radius 3 is 1.81 bits per heavy atom. The number of esters is 2. The van der Waals surface area contributed by atoms with Gasteiger partial charge in [0.05, 0.1) is 7.11 Å². The molecule has 1 aliphatic carbocycles. The van der Waals surface area contributed by atoms with Crippen molar-refractivity contribution in [1.82, 2.24) is 0 Å². The minimum atomic E-state index is -1.16. The Labute approximate surface area is 217 Å². The minimum absolute atomic E-state index is 0.0533. The molecular weight excluding hydrogens is 468 g/mol. The summed E-state index contributed by atoms with van der Waals surface area (Å²) < 4.78 is 16.4. The normalized spacial score (nSPS) is 15.8. The van der Waals surface area contributed by atoms with E-state index in [0.29, 0.717) is 12.2 Å². The number of carbonyl (C=O) groups is 3. The Balaban J connectivity index is 1.57. The van der Waals surface area contributed by atoms with Crippen LogP contribution in [0.1, 0.15) is 48.3 Å². The molecule has 0 bridgehead atoms. The van der Waals surface area contributed by atoms with Crippen LogP contribution in [0.5, 0.6) is 5.75 Å². The van der Waals surface area contributed by atoms with E-state index >= 15 is 0 Å². The van der Waals surface area contributed by atoms with E-state index in [1.807, 2.05) is 84.9 Å². The number of ketones is 1. The first-order chi connectivity index (χ1) is 18.0. The van der Waals surface area contributed by atoms with Crippen LogP contribution < -0.4 is 4.74 Å². The number of hydrogen-bond donors (Lipinski definition) is 0. The van der Waals surface area contributed by atoms with E-state index in [9.17, 15) is 14.4 Å². The van der Waals surface area contributed by atoms with Crippen molar-refractivity contribution in [3.05, 3.63) is 102 Å². The summed E-state index contributed by atoms with van der Waals surface area (Å²) in [5.41, 5.74) is 2.53. The largest absolute Gasteiger partial charge is 0.497 e. The zero-order valence-electron chi connectivity index (χ0n) is 21.0. The Morgan fingerprint density at radius 2 is 1.35 bits per heavy atom. The molecule has 0 N–H and O–H groups in total. The number of methoxy groups -OCH3 is 1. The summed E-state index contributed by atoms with van der Waals surface area (Å²) in [7, 11) is 1.59. The van der Waals surface area contributed by atoms with E-state index in [1.54, 1.807) is 7.11 Å². The summed E-state index contributed by atoms with van der Waals surface area (Å²) in [4.78, 5) is 39.4. The molecular formula is C31H32O6. The molecule has 6 nitrogen and oxygen atoms in total. The highest BCUT2D eigenvalue weighted by Gasteiger charge is 2.39. The molecule has 0 spiro atoms. The molecule has 2 atom stereocenters. The highest BCUT2D eigenvalue weighted by Crippen LogP contribution is 2.40. The van der Waals surface area contributed by atoms with E-state index < -0.39 is 17.9 Å². The third-order valence-corrected chi connectivity index (χ3v) is 6.89. The highest BCUT2D eigenvalue weighted by atomic mass is 16.6. The second-order valence-corrected chi connectivity index (χ2v) is 9.32. The lowest BCUT2D eigenvalue weighted by Gasteiger charge is -2.26. The molecule has 2 unspecified atom stereocenters. The predicted molar refractivity (Wildman–Crippen MR) is 139 cm³/mol. The van der Waals surface area contributed by atoms with Gasteiger partial charge in [-0.2, -0.15) is 0 Å². The maximum absolute atomic E-state index is 13.3. The Hall–Kier alpha value is -3.93. The molecule has 0 heterocycles. The van der Waals surface area contributed by atoms with Gasteiger partial charge in [-0.1, -0.05) is 72.8 Å². The lowest BCUT2D eigenvalue weighted by molar-refractivity contribution is -0.164. The number of rotatable bonds is 11. The number of Topliss-reactive ketones (excluding diaryl/α,β-unsaturated/α-hetero) is 1. The van der Waals surface area contributed by atoms with Crippen molar-refractivity contribution in [2.24, 2.45) is 11.8 Å². The summed E-state index contributed by atoms with van der Waals surface area (Å²) in [5, 5.41) is 0. The van der Waals surface area contributed by atoms with Gasteiger partial charge < -0.3 is 14.2 Å². The van der Waals surface area contributed by atoms with Crippen molar-refractivity contribution < 1.29 is 28.6 Å². The molecule has 0 radical (unpaired) electrons. The van der Waals surface area contributed by atoms with Crippen molar-refractivity contribution in [2.75, 3.05) is 7.11 Å². The molecule has 0 saturated heterocycles. The maximum atomic E-state index is 13.3. The van der Waals surface area contributed by atoms with Gasteiger partial charge in [-0.15, -0.1) is 0 Å². The first kappa shape index (κ1) is 26.1. The highest BCUT2D eigenvalue weighted by molar-refractivity contribution is 5.95. The number of hydrogen-bond acceptors (Lipinski definition) is 6. The fourth-order valence-corrected chi connectivity index (χ4v) is 4.85. The van der Waals surface area contributed by atoms with E-state index in [1.165, 1.54) is 0 Å². The first-order valence-corrected chi connectivity index (χ1v) is 12.6. The van der Waals surface area contributed by atoms with E-state index in [2.05, 4.69) is 0 Å². The fraction of sp³-hybridized carbons (Fsp3) is 0.323. The van der Waals surface area contributed by atoms with Gasteiger partial charge in [-0.25, -0.2) is 0 Å². The molecule has 0 aromatic heterocycles. The van der Waals surface area contributed by atoms with Crippen LogP contribution in [0.25, 0.3) is 0 Å². The SMILES string of the molecule is COc1ccc(C(CC(C(=O)OCc2ccccc2)C(=O)OCc2ccccc2)C2CCCC2=O)cc1. The zero-order valence-corrected chi connectivity index (χ0v) is 21.0. The zero-order chi connectivity index (χ0) is 26.0. The summed E-state index contributed by atoms with van der Waals surface area (Å²) in [5.74, 6) is -2.18. The van der Waals surface area contributed by atoms with Crippen molar-refractivity contribution in [1.29, 1.82) is 0 Å². The molecule has 3 aromatic rings. The predicted octanol–water partition coefficient (Wildman–Crippen LogP) is 5.64. The van der Waals surface area contributed by atoms with Gasteiger partial charge in [0.25, 0.3) is 0 Å². The minimum Gasteiger partial charge on any atom is -0.497 e. The number of ether oxygens (including phenoxy) is 3. The van der Waals surface area contributed by atoms with Crippen LogP contribution in [0.2, 0.25) is 0 Å². The third-order valence-electron chi connectivity index (χ3n) is 6.89. The number of benzene rings is 3. The van der Waals surface area contributed by atoms with Crippen LogP contribution in [-0.2, 0) is 37.1 Å². The van der Waals surface area contributed by atoms with Crippen molar-refractivity contribution in [2.45, 2.75) is 44.8 Å². The number of carbonyl (C=O) groups excluding carboxylic acids is 3. The summed E-state index contributed by atoms with van der Waals surface area (Å²) in [6.45, 7) is 0.107. The summed E-state index contributed by atoms with van der Waals surface area (Å²) in [6, 6.07) is 26.1. The van der Waals surface area contributed by atoms with Gasteiger partial charge in [0, 0.05) is 12.3 Å².